The second-order valence-electron chi connectivity index (χ2n) is 5.94. The van der Waals surface area contributed by atoms with Crippen LogP contribution in [-0.4, -0.2) is 39.6 Å². The number of ether oxygens (including phenoxy) is 1. The van der Waals surface area contributed by atoms with E-state index in [-0.39, 0.29) is 16.7 Å². The van der Waals surface area contributed by atoms with Gasteiger partial charge in [0.15, 0.2) is 11.6 Å². The van der Waals surface area contributed by atoms with Crippen molar-refractivity contribution >= 4 is 15.8 Å². The number of aromatic nitrogens is 1. The monoisotopic (exact) mass is 383 g/mol. The highest BCUT2D eigenvalue weighted by Gasteiger charge is 2.23. The molecule has 1 aromatic carbocycles. The van der Waals surface area contributed by atoms with Crippen molar-refractivity contribution in [3.63, 3.8) is 0 Å². The molecule has 6 nitrogen and oxygen atoms in total. The molecule has 0 unspecified atom stereocenters. The number of anilines is 1. The SMILES string of the molecule is CNS(=O)(=O)c1ccc(N2CCC(Oc3ccc(F)cc3F)CC2)nc1. The maximum Gasteiger partial charge on any atom is 0.241 e. The summed E-state index contributed by atoms with van der Waals surface area (Å²) in [7, 11) is -2.16. The average molecular weight is 383 g/mol. The van der Waals surface area contributed by atoms with Gasteiger partial charge in [-0.3, -0.25) is 0 Å². The highest BCUT2D eigenvalue weighted by molar-refractivity contribution is 7.89. The maximum atomic E-state index is 13.7. The number of pyridine rings is 1. The lowest BCUT2D eigenvalue weighted by Crippen LogP contribution is -2.38. The van der Waals surface area contributed by atoms with Crippen molar-refractivity contribution in [1.29, 1.82) is 0 Å². The molecule has 0 saturated carbocycles. The number of rotatable bonds is 5. The van der Waals surface area contributed by atoms with Crippen LogP contribution in [-0.2, 0) is 10.0 Å². The minimum absolute atomic E-state index is 0.0459. The third-order valence-electron chi connectivity index (χ3n) is 4.25. The molecule has 1 N–H and O–H groups in total. The van der Waals surface area contributed by atoms with Crippen molar-refractivity contribution in [3.05, 3.63) is 48.2 Å². The summed E-state index contributed by atoms with van der Waals surface area (Å²) in [6.07, 6.45) is 2.44. The van der Waals surface area contributed by atoms with Crippen LogP contribution in [0.25, 0.3) is 0 Å². The molecule has 0 bridgehead atoms. The van der Waals surface area contributed by atoms with E-state index < -0.39 is 21.7 Å². The van der Waals surface area contributed by atoms with Crippen molar-refractivity contribution in [1.82, 2.24) is 9.71 Å². The summed E-state index contributed by atoms with van der Waals surface area (Å²) in [5.41, 5.74) is 0. The fourth-order valence-electron chi connectivity index (χ4n) is 2.79. The van der Waals surface area contributed by atoms with Crippen LogP contribution in [0.1, 0.15) is 12.8 Å². The largest absolute Gasteiger partial charge is 0.487 e. The zero-order valence-electron chi connectivity index (χ0n) is 14.2. The summed E-state index contributed by atoms with van der Waals surface area (Å²) in [6, 6.07) is 6.42. The van der Waals surface area contributed by atoms with Crippen LogP contribution in [0.3, 0.4) is 0 Å². The lowest BCUT2D eigenvalue weighted by atomic mass is 10.1. The van der Waals surface area contributed by atoms with Crippen molar-refractivity contribution < 1.29 is 21.9 Å². The molecule has 1 aliphatic rings. The van der Waals surface area contributed by atoms with Crippen LogP contribution in [0.2, 0.25) is 0 Å². The third kappa shape index (κ3) is 4.10. The predicted octanol–water partition coefficient (Wildman–Crippen LogP) is 2.32. The van der Waals surface area contributed by atoms with Gasteiger partial charge in [-0.2, -0.15) is 0 Å². The first-order valence-electron chi connectivity index (χ1n) is 8.15. The Balaban J connectivity index is 1.60. The van der Waals surface area contributed by atoms with E-state index in [1.54, 1.807) is 6.07 Å². The van der Waals surface area contributed by atoms with Crippen molar-refractivity contribution in [2.45, 2.75) is 23.8 Å². The Morgan fingerprint density at radius 3 is 2.50 bits per heavy atom. The number of nitrogens with zero attached hydrogens (tertiary/aromatic N) is 2. The molecule has 0 amide bonds. The third-order valence-corrected chi connectivity index (χ3v) is 5.65. The van der Waals surface area contributed by atoms with Crippen LogP contribution < -0.4 is 14.4 Å². The van der Waals surface area contributed by atoms with Gasteiger partial charge in [0.1, 0.15) is 22.6 Å². The number of hydrogen-bond acceptors (Lipinski definition) is 5. The van der Waals surface area contributed by atoms with Gasteiger partial charge in [-0.15, -0.1) is 0 Å². The van der Waals surface area contributed by atoms with Crippen LogP contribution in [0.5, 0.6) is 5.75 Å². The summed E-state index contributed by atoms with van der Waals surface area (Å²) in [5, 5.41) is 0. The number of halogens is 2. The van der Waals surface area contributed by atoms with E-state index in [1.165, 1.54) is 25.4 Å². The van der Waals surface area contributed by atoms with Crippen LogP contribution in [0, 0.1) is 11.6 Å². The van der Waals surface area contributed by atoms with E-state index in [9.17, 15) is 17.2 Å². The van der Waals surface area contributed by atoms with Gasteiger partial charge in [-0.05, 0) is 31.3 Å². The van der Waals surface area contributed by atoms with Gasteiger partial charge in [0.25, 0.3) is 0 Å². The molecule has 1 aromatic heterocycles. The molecule has 0 spiro atoms. The lowest BCUT2D eigenvalue weighted by Gasteiger charge is -2.33. The molecule has 2 aromatic rings. The molecule has 3 rings (SSSR count). The standard InChI is InChI=1S/C17H19F2N3O3S/c1-20-26(23,24)14-3-5-17(21-11-14)22-8-6-13(7-9-22)25-16-4-2-12(18)10-15(16)19/h2-5,10-11,13,20H,6-9H2,1H3. The van der Waals surface area contributed by atoms with Gasteiger partial charge in [0.2, 0.25) is 10.0 Å². The molecule has 2 heterocycles. The molecule has 1 saturated heterocycles. The number of hydrogen-bond donors (Lipinski definition) is 1. The molecular formula is C17H19F2N3O3S. The van der Waals surface area contributed by atoms with E-state index in [0.717, 1.165) is 12.1 Å². The smallest absolute Gasteiger partial charge is 0.241 e. The predicted molar refractivity (Wildman–Crippen MR) is 92.7 cm³/mol. The van der Waals surface area contributed by atoms with E-state index in [4.69, 9.17) is 4.74 Å². The van der Waals surface area contributed by atoms with E-state index in [2.05, 4.69) is 9.71 Å². The van der Waals surface area contributed by atoms with Crippen LogP contribution in [0.15, 0.2) is 41.4 Å². The summed E-state index contributed by atoms with van der Waals surface area (Å²) in [4.78, 5) is 6.33. The molecule has 0 radical (unpaired) electrons. The molecular weight excluding hydrogens is 364 g/mol. The summed E-state index contributed by atoms with van der Waals surface area (Å²) in [6.45, 7) is 1.28. The topological polar surface area (TPSA) is 71.5 Å². The van der Waals surface area contributed by atoms with Gasteiger partial charge in [-0.1, -0.05) is 0 Å². The second-order valence-corrected chi connectivity index (χ2v) is 7.83. The summed E-state index contributed by atoms with van der Waals surface area (Å²) in [5.74, 6) is -0.633. The van der Waals surface area contributed by atoms with Crippen molar-refractivity contribution in [2.75, 3.05) is 25.0 Å². The Morgan fingerprint density at radius 1 is 1.19 bits per heavy atom. The van der Waals surface area contributed by atoms with Gasteiger partial charge in [-0.25, -0.2) is 26.9 Å². The van der Waals surface area contributed by atoms with Gasteiger partial charge in [0, 0.05) is 38.2 Å². The minimum atomic E-state index is -3.51. The summed E-state index contributed by atoms with van der Waals surface area (Å²) < 4.78 is 57.9. The normalized spacial score (nSPS) is 15.9. The number of benzene rings is 1. The molecule has 9 heteroatoms. The highest BCUT2D eigenvalue weighted by atomic mass is 32.2. The van der Waals surface area contributed by atoms with E-state index in [0.29, 0.717) is 31.7 Å². The van der Waals surface area contributed by atoms with Gasteiger partial charge < -0.3 is 9.64 Å². The fraction of sp³-hybridized carbons (Fsp3) is 0.353. The second kappa shape index (κ2) is 7.55. The molecule has 0 atom stereocenters. The average Bonchev–Trinajstić information content (AvgIpc) is 2.65. The Kier molecular flexibility index (Phi) is 5.38. The van der Waals surface area contributed by atoms with Crippen molar-refractivity contribution in [2.24, 2.45) is 0 Å². The van der Waals surface area contributed by atoms with Crippen LogP contribution in [0.4, 0.5) is 14.6 Å². The van der Waals surface area contributed by atoms with Crippen LogP contribution >= 0.6 is 0 Å². The molecule has 1 aliphatic heterocycles. The Morgan fingerprint density at radius 2 is 1.92 bits per heavy atom. The van der Waals surface area contributed by atoms with Gasteiger partial charge in [0.05, 0.1) is 0 Å². The number of piperidine rings is 1. The summed E-state index contributed by atoms with van der Waals surface area (Å²) >= 11 is 0. The maximum absolute atomic E-state index is 13.7. The zero-order valence-corrected chi connectivity index (χ0v) is 15.0. The number of nitrogens with one attached hydrogen (secondary N) is 1. The Labute approximate surface area is 150 Å². The number of sulfonamides is 1. The lowest BCUT2D eigenvalue weighted by molar-refractivity contribution is 0.163. The molecule has 1 fully saturated rings. The molecule has 0 aliphatic carbocycles. The first-order chi connectivity index (χ1) is 12.4. The first-order valence-corrected chi connectivity index (χ1v) is 9.63. The van der Waals surface area contributed by atoms with E-state index in [1.807, 2.05) is 4.90 Å². The molecule has 26 heavy (non-hydrogen) atoms. The van der Waals surface area contributed by atoms with Gasteiger partial charge >= 0.3 is 0 Å². The quantitative estimate of drug-likeness (QED) is 0.858. The Bertz CT molecular complexity index is 867. The highest BCUT2D eigenvalue weighted by Crippen LogP contribution is 2.25. The molecule has 140 valence electrons. The van der Waals surface area contributed by atoms with E-state index >= 15 is 0 Å². The Hall–Kier alpha value is -2.26. The fourth-order valence-corrected chi connectivity index (χ4v) is 3.46. The zero-order chi connectivity index (χ0) is 18.7. The minimum Gasteiger partial charge on any atom is -0.487 e. The first kappa shape index (κ1) is 18.5. The van der Waals surface area contributed by atoms with Crippen molar-refractivity contribution in [3.8, 4) is 5.75 Å².